The van der Waals surface area contributed by atoms with Crippen molar-refractivity contribution in [2.75, 3.05) is 25.5 Å². The van der Waals surface area contributed by atoms with Crippen molar-refractivity contribution in [2.24, 2.45) is 22.6 Å². The van der Waals surface area contributed by atoms with Crippen LogP contribution in [0.5, 0.6) is 5.75 Å². The zero-order chi connectivity index (χ0) is 31.1. The zero-order valence-corrected chi connectivity index (χ0v) is 26.1. The number of para-hydroxylation sites is 1. The first-order valence-corrected chi connectivity index (χ1v) is 14.9. The van der Waals surface area contributed by atoms with Crippen LogP contribution in [0.4, 0.5) is 10.1 Å². The van der Waals surface area contributed by atoms with Crippen LogP contribution in [0.25, 0.3) is 5.57 Å². The lowest BCUT2D eigenvalue weighted by Gasteiger charge is -2.40. The summed E-state index contributed by atoms with van der Waals surface area (Å²) in [6.07, 6.45) is 12.5. The summed E-state index contributed by atoms with van der Waals surface area (Å²) in [5.74, 6) is -0.314. The third-order valence-electron chi connectivity index (χ3n) is 7.64. The molecule has 1 aliphatic heterocycles. The number of nitrogens with two attached hydrogens (primary N) is 1. The molecule has 2 fully saturated rings. The molecule has 226 valence electrons. The number of carbonyl (C=O) groups is 1. The number of amidine groups is 1. The van der Waals surface area contributed by atoms with E-state index >= 15 is 0 Å². The van der Waals surface area contributed by atoms with Gasteiger partial charge in [0.15, 0.2) is 0 Å². The molecule has 10 heteroatoms. The van der Waals surface area contributed by atoms with Gasteiger partial charge in [-0.2, -0.15) is 4.99 Å². The van der Waals surface area contributed by atoms with Gasteiger partial charge in [-0.1, -0.05) is 51.8 Å². The quantitative estimate of drug-likeness (QED) is 0.109. The normalized spacial score (nSPS) is 17.7. The van der Waals surface area contributed by atoms with Gasteiger partial charge in [-0.25, -0.2) is 4.39 Å². The fourth-order valence-electron chi connectivity index (χ4n) is 4.89. The van der Waals surface area contributed by atoms with E-state index in [0.29, 0.717) is 35.2 Å². The maximum atomic E-state index is 14.0. The van der Waals surface area contributed by atoms with E-state index in [0.717, 1.165) is 42.6 Å². The van der Waals surface area contributed by atoms with Crippen LogP contribution in [0.2, 0.25) is 0 Å². The number of anilines is 1. The van der Waals surface area contributed by atoms with E-state index in [9.17, 15) is 9.18 Å². The SMILES string of the molecule is C=C/C(=C\C=C(/C)C1CN(Cc2cnccc2C(F)P)C1)c1cccc(N/C(=C/C(N)=NC(=O)C2CC2)C(C)=N)c1OC. The number of likely N-dealkylation sites (tertiary alicyclic amines) is 1. The number of rotatable bonds is 13. The number of aliphatic imine (C=N–C) groups is 1. The predicted octanol–water partition coefficient (Wildman–Crippen LogP) is 6.21. The van der Waals surface area contributed by atoms with Gasteiger partial charge >= 0.3 is 0 Å². The van der Waals surface area contributed by atoms with Crippen LogP contribution >= 0.6 is 9.24 Å². The van der Waals surface area contributed by atoms with Crippen molar-refractivity contribution < 1.29 is 13.9 Å². The molecule has 2 unspecified atom stereocenters. The van der Waals surface area contributed by atoms with Crippen molar-refractivity contribution >= 4 is 38.0 Å². The lowest BCUT2D eigenvalue weighted by atomic mass is 9.90. The number of benzene rings is 1. The standard InChI is InChI=1S/C33H40FN6O2P/c1-5-22(10-9-20(2)25-18-40(19-25)17-24-16-37-14-13-27(24)32(34)43)26-7-6-8-28(31(26)42-4)38-29(21(3)35)15-30(36)39-33(41)23-11-12-23/h5-10,13-16,23,25,32,35,38H,1,11-12,17-19,43H2,2-4H3,(H2,36,39,41)/b20-9+,22-10+,29-15+,35-21?. The number of pyridine rings is 1. The number of carbonyl (C=O) groups excluding carboxylic acids is 1. The predicted molar refractivity (Wildman–Crippen MR) is 176 cm³/mol. The summed E-state index contributed by atoms with van der Waals surface area (Å²) < 4.78 is 19.8. The fraction of sp³-hybridized carbons (Fsp3) is 0.333. The minimum atomic E-state index is -1.10. The van der Waals surface area contributed by atoms with Crippen LogP contribution < -0.4 is 15.8 Å². The highest BCUT2D eigenvalue weighted by Crippen LogP contribution is 2.36. The molecule has 2 aromatic rings. The van der Waals surface area contributed by atoms with Crippen LogP contribution in [0.3, 0.4) is 0 Å². The number of amides is 1. The molecule has 4 rings (SSSR count). The fourth-order valence-corrected chi connectivity index (χ4v) is 5.21. The Bertz CT molecular complexity index is 1500. The molecule has 1 aliphatic carbocycles. The molecule has 0 spiro atoms. The number of allylic oxidation sites excluding steroid dienone is 5. The molecule has 43 heavy (non-hydrogen) atoms. The van der Waals surface area contributed by atoms with Crippen molar-refractivity contribution in [1.29, 1.82) is 5.41 Å². The van der Waals surface area contributed by atoms with E-state index in [1.165, 1.54) is 11.6 Å². The van der Waals surface area contributed by atoms with E-state index in [4.69, 9.17) is 15.9 Å². The van der Waals surface area contributed by atoms with Crippen LogP contribution in [0, 0.1) is 17.2 Å². The zero-order valence-electron chi connectivity index (χ0n) is 24.9. The molecular weight excluding hydrogens is 562 g/mol. The molecule has 1 aromatic heterocycles. The third-order valence-corrected chi connectivity index (χ3v) is 8.00. The summed E-state index contributed by atoms with van der Waals surface area (Å²) in [6.45, 7) is 10.2. The van der Waals surface area contributed by atoms with E-state index in [2.05, 4.69) is 49.0 Å². The number of nitrogens with one attached hydrogen (secondary N) is 2. The number of methoxy groups -OCH3 is 1. The average Bonchev–Trinajstić information content (AvgIpc) is 3.80. The summed E-state index contributed by atoms with van der Waals surface area (Å²) in [4.78, 5) is 22.5. The van der Waals surface area contributed by atoms with Gasteiger partial charge in [-0.05, 0) is 55.5 Å². The smallest absolute Gasteiger partial charge is 0.250 e. The van der Waals surface area contributed by atoms with Gasteiger partial charge in [0.05, 0.1) is 24.2 Å². The minimum Gasteiger partial charge on any atom is -0.494 e. The molecule has 1 saturated carbocycles. The van der Waals surface area contributed by atoms with Crippen molar-refractivity contribution in [2.45, 2.75) is 39.1 Å². The van der Waals surface area contributed by atoms with Crippen molar-refractivity contribution in [1.82, 2.24) is 9.88 Å². The molecule has 1 aromatic carbocycles. The molecule has 2 aliphatic rings. The highest BCUT2D eigenvalue weighted by molar-refractivity contribution is 7.16. The summed E-state index contributed by atoms with van der Waals surface area (Å²) >= 11 is 0. The van der Waals surface area contributed by atoms with Crippen LogP contribution in [-0.4, -0.2) is 47.5 Å². The summed E-state index contributed by atoms with van der Waals surface area (Å²) in [6, 6.07) is 7.43. The Labute approximate surface area is 255 Å². The monoisotopic (exact) mass is 602 g/mol. The first-order chi connectivity index (χ1) is 20.6. The topological polar surface area (TPSA) is 117 Å². The molecule has 0 bridgehead atoms. The summed E-state index contributed by atoms with van der Waals surface area (Å²) in [5, 5.41) is 11.5. The minimum absolute atomic E-state index is 0.0307. The first-order valence-electron chi connectivity index (χ1n) is 14.3. The number of aromatic nitrogens is 1. The van der Waals surface area contributed by atoms with Gasteiger partial charge in [0.2, 0.25) is 0 Å². The maximum absolute atomic E-state index is 14.0. The second kappa shape index (κ2) is 14.5. The highest BCUT2D eigenvalue weighted by Gasteiger charge is 2.30. The first kappa shape index (κ1) is 32.0. The number of alkyl halides is 1. The van der Waals surface area contributed by atoms with Gasteiger partial charge in [-0.15, -0.1) is 0 Å². The largest absolute Gasteiger partial charge is 0.494 e. The van der Waals surface area contributed by atoms with Gasteiger partial charge in [0, 0.05) is 55.5 Å². The van der Waals surface area contributed by atoms with Crippen LogP contribution in [-0.2, 0) is 11.3 Å². The second-order valence-corrected chi connectivity index (χ2v) is 11.5. The summed E-state index contributed by atoms with van der Waals surface area (Å²) in [5.41, 5.74) is 11.8. The Balaban J connectivity index is 1.48. The lowest BCUT2D eigenvalue weighted by Crippen LogP contribution is -2.46. The second-order valence-electron chi connectivity index (χ2n) is 10.9. The number of hydrogen-bond acceptors (Lipinski definition) is 6. The number of nitrogens with zero attached hydrogens (tertiary/aromatic N) is 3. The summed E-state index contributed by atoms with van der Waals surface area (Å²) in [7, 11) is 3.81. The van der Waals surface area contributed by atoms with Gasteiger partial charge in [0.1, 0.15) is 17.5 Å². The molecule has 0 radical (unpaired) electrons. The number of halogens is 1. The van der Waals surface area contributed by atoms with Crippen molar-refractivity contribution in [3.8, 4) is 5.75 Å². The van der Waals surface area contributed by atoms with Gasteiger partial charge in [0.25, 0.3) is 5.91 Å². The molecule has 2 heterocycles. The van der Waals surface area contributed by atoms with E-state index < -0.39 is 5.91 Å². The van der Waals surface area contributed by atoms with Crippen LogP contribution in [0.15, 0.2) is 83.8 Å². The van der Waals surface area contributed by atoms with Crippen molar-refractivity contribution in [3.05, 3.63) is 95.5 Å². The molecular formula is C33H40FN6O2P. The molecule has 8 nitrogen and oxygen atoms in total. The van der Waals surface area contributed by atoms with Crippen LogP contribution in [0.1, 0.15) is 49.3 Å². The average molecular weight is 603 g/mol. The third kappa shape index (κ3) is 8.33. The Morgan fingerprint density at radius 3 is 2.67 bits per heavy atom. The Morgan fingerprint density at radius 2 is 2.05 bits per heavy atom. The molecule has 1 saturated heterocycles. The Hall–Kier alpha value is -3.94. The number of hydrogen-bond donors (Lipinski definition) is 3. The van der Waals surface area contributed by atoms with Gasteiger partial charge in [-0.3, -0.25) is 14.7 Å². The van der Waals surface area contributed by atoms with E-state index in [1.807, 2.05) is 24.3 Å². The van der Waals surface area contributed by atoms with E-state index in [1.54, 1.807) is 38.6 Å². The van der Waals surface area contributed by atoms with E-state index in [-0.39, 0.29) is 23.4 Å². The van der Waals surface area contributed by atoms with Crippen molar-refractivity contribution in [3.63, 3.8) is 0 Å². The molecule has 4 N–H and O–H groups in total. The maximum Gasteiger partial charge on any atom is 0.250 e. The number of ether oxygens (including phenoxy) is 1. The van der Waals surface area contributed by atoms with Gasteiger partial charge < -0.3 is 21.2 Å². The molecule has 1 amide bonds. The lowest BCUT2D eigenvalue weighted by molar-refractivity contribution is -0.118. The Morgan fingerprint density at radius 1 is 1.30 bits per heavy atom. The highest BCUT2D eigenvalue weighted by atomic mass is 31.0. The molecule has 2 atom stereocenters. The Kier molecular flexibility index (Phi) is 10.8.